The molecule has 0 saturated heterocycles. The SMILES string of the molecule is O=C(NCCCOCC1CC1)NC1CCCCCC1CO. The predicted octanol–water partition coefficient (Wildman–Crippen LogP) is 2.04. The third kappa shape index (κ3) is 6.66. The summed E-state index contributed by atoms with van der Waals surface area (Å²) in [7, 11) is 0. The summed E-state index contributed by atoms with van der Waals surface area (Å²) in [6, 6.07) is 0.00570. The van der Waals surface area contributed by atoms with E-state index in [0.717, 1.165) is 51.2 Å². The topological polar surface area (TPSA) is 70.6 Å². The standard InChI is InChI=1S/C16H30N2O3/c19-11-14-5-2-1-3-6-15(14)18-16(20)17-9-4-10-21-12-13-7-8-13/h13-15,19H,1-12H2,(H2,17,18,20). The van der Waals surface area contributed by atoms with Crippen molar-refractivity contribution in [2.45, 2.75) is 57.4 Å². The van der Waals surface area contributed by atoms with E-state index in [1.54, 1.807) is 0 Å². The van der Waals surface area contributed by atoms with Gasteiger partial charge in [0.25, 0.3) is 0 Å². The van der Waals surface area contributed by atoms with Gasteiger partial charge in [-0.25, -0.2) is 4.79 Å². The van der Waals surface area contributed by atoms with Crippen molar-refractivity contribution in [1.29, 1.82) is 0 Å². The van der Waals surface area contributed by atoms with Gasteiger partial charge in [0.2, 0.25) is 0 Å². The molecular weight excluding hydrogens is 268 g/mol. The minimum absolute atomic E-state index is 0.109. The molecule has 2 fully saturated rings. The van der Waals surface area contributed by atoms with Crippen molar-refractivity contribution in [3.8, 4) is 0 Å². The Hall–Kier alpha value is -0.810. The van der Waals surface area contributed by atoms with Gasteiger partial charge in [-0.1, -0.05) is 19.3 Å². The smallest absolute Gasteiger partial charge is 0.315 e. The number of nitrogens with one attached hydrogen (secondary N) is 2. The van der Waals surface area contributed by atoms with E-state index in [9.17, 15) is 9.90 Å². The lowest BCUT2D eigenvalue weighted by Gasteiger charge is -2.24. The molecule has 2 aliphatic rings. The maximum Gasteiger partial charge on any atom is 0.315 e. The van der Waals surface area contributed by atoms with E-state index in [1.165, 1.54) is 19.3 Å². The van der Waals surface area contributed by atoms with Crippen LogP contribution in [0.1, 0.15) is 51.4 Å². The molecule has 2 rings (SSSR count). The van der Waals surface area contributed by atoms with Gasteiger partial charge in [0, 0.05) is 38.3 Å². The first-order valence-corrected chi connectivity index (χ1v) is 8.52. The molecule has 5 nitrogen and oxygen atoms in total. The van der Waals surface area contributed by atoms with E-state index in [1.807, 2.05) is 0 Å². The fourth-order valence-electron chi connectivity index (χ4n) is 2.92. The summed E-state index contributed by atoms with van der Waals surface area (Å²) >= 11 is 0. The summed E-state index contributed by atoms with van der Waals surface area (Å²) in [5.74, 6) is 1.01. The summed E-state index contributed by atoms with van der Waals surface area (Å²) < 4.78 is 5.54. The van der Waals surface area contributed by atoms with Crippen molar-refractivity contribution in [2.75, 3.05) is 26.4 Å². The molecule has 21 heavy (non-hydrogen) atoms. The Balaban J connectivity index is 1.54. The monoisotopic (exact) mass is 298 g/mol. The second kappa shape index (κ2) is 9.26. The predicted molar refractivity (Wildman–Crippen MR) is 82.1 cm³/mol. The summed E-state index contributed by atoms with van der Waals surface area (Å²) in [4.78, 5) is 11.9. The number of carbonyl (C=O) groups excluding carboxylic acids is 1. The molecule has 0 aromatic heterocycles. The highest BCUT2D eigenvalue weighted by atomic mass is 16.5. The fourth-order valence-corrected chi connectivity index (χ4v) is 2.92. The number of ether oxygens (including phenoxy) is 1. The Morgan fingerprint density at radius 1 is 1.14 bits per heavy atom. The average molecular weight is 298 g/mol. The molecule has 0 spiro atoms. The van der Waals surface area contributed by atoms with Crippen LogP contribution in [0.3, 0.4) is 0 Å². The van der Waals surface area contributed by atoms with E-state index in [0.29, 0.717) is 6.54 Å². The number of carbonyl (C=O) groups is 1. The number of hydrogen-bond acceptors (Lipinski definition) is 3. The Morgan fingerprint density at radius 2 is 1.95 bits per heavy atom. The second-order valence-electron chi connectivity index (χ2n) is 6.46. The molecule has 0 aliphatic heterocycles. The highest BCUT2D eigenvalue weighted by Crippen LogP contribution is 2.28. The lowest BCUT2D eigenvalue weighted by molar-refractivity contribution is 0.122. The lowest BCUT2D eigenvalue weighted by atomic mass is 9.96. The molecule has 0 bridgehead atoms. The van der Waals surface area contributed by atoms with E-state index >= 15 is 0 Å². The van der Waals surface area contributed by atoms with Crippen molar-refractivity contribution >= 4 is 6.03 Å². The van der Waals surface area contributed by atoms with Crippen molar-refractivity contribution in [3.05, 3.63) is 0 Å². The summed E-state index contributed by atoms with van der Waals surface area (Å²) in [5, 5.41) is 15.3. The van der Waals surface area contributed by atoms with Gasteiger partial charge in [-0.3, -0.25) is 0 Å². The molecule has 0 radical (unpaired) electrons. The second-order valence-corrected chi connectivity index (χ2v) is 6.46. The highest BCUT2D eigenvalue weighted by Gasteiger charge is 2.24. The largest absolute Gasteiger partial charge is 0.396 e. The molecule has 0 heterocycles. The normalized spacial score (nSPS) is 26.1. The van der Waals surface area contributed by atoms with Gasteiger partial charge in [-0.2, -0.15) is 0 Å². The quantitative estimate of drug-likeness (QED) is 0.474. The van der Waals surface area contributed by atoms with Crippen LogP contribution in [0.25, 0.3) is 0 Å². The molecule has 2 saturated carbocycles. The van der Waals surface area contributed by atoms with Gasteiger partial charge in [0.1, 0.15) is 0 Å². The number of aliphatic hydroxyl groups excluding tert-OH is 1. The summed E-state index contributed by atoms with van der Waals surface area (Å²) in [6.07, 6.45) is 8.96. The van der Waals surface area contributed by atoms with E-state index in [-0.39, 0.29) is 24.6 Å². The van der Waals surface area contributed by atoms with Crippen molar-refractivity contribution in [1.82, 2.24) is 10.6 Å². The molecule has 3 N–H and O–H groups in total. The van der Waals surface area contributed by atoms with Gasteiger partial charge in [0.15, 0.2) is 0 Å². The molecule has 2 unspecified atom stereocenters. The molecule has 0 aromatic rings. The molecular formula is C16H30N2O3. The van der Waals surface area contributed by atoms with Crippen LogP contribution in [0.4, 0.5) is 4.79 Å². The summed E-state index contributed by atoms with van der Waals surface area (Å²) in [6.45, 7) is 2.42. The number of urea groups is 1. The minimum atomic E-state index is -0.109. The Morgan fingerprint density at radius 3 is 2.71 bits per heavy atom. The fraction of sp³-hybridized carbons (Fsp3) is 0.938. The van der Waals surface area contributed by atoms with Crippen LogP contribution in [-0.2, 0) is 4.74 Å². The zero-order valence-corrected chi connectivity index (χ0v) is 13.0. The average Bonchev–Trinajstić information content (AvgIpc) is 3.30. The number of hydrogen-bond donors (Lipinski definition) is 3. The molecule has 0 aromatic carbocycles. The van der Waals surface area contributed by atoms with E-state index in [4.69, 9.17) is 4.74 Å². The molecule has 2 aliphatic carbocycles. The van der Waals surface area contributed by atoms with E-state index < -0.39 is 0 Å². The zero-order valence-electron chi connectivity index (χ0n) is 13.0. The Kier molecular flexibility index (Phi) is 7.30. The van der Waals surface area contributed by atoms with Crippen molar-refractivity contribution in [2.24, 2.45) is 11.8 Å². The van der Waals surface area contributed by atoms with Crippen LogP contribution in [0, 0.1) is 11.8 Å². The minimum Gasteiger partial charge on any atom is -0.396 e. The van der Waals surface area contributed by atoms with Crippen molar-refractivity contribution in [3.63, 3.8) is 0 Å². The molecule has 5 heteroatoms. The first-order chi connectivity index (χ1) is 10.3. The number of aliphatic hydroxyl groups is 1. The van der Waals surface area contributed by atoms with Gasteiger partial charge in [-0.05, 0) is 38.0 Å². The first-order valence-electron chi connectivity index (χ1n) is 8.52. The third-order valence-corrected chi connectivity index (χ3v) is 4.51. The van der Waals surface area contributed by atoms with Gasteiger partial charge < -0.3 is 20.5 Å². The first kappa shape index (κ1) is 16.6. The van der Waals surface area contributed by atoms with Gasteiger partial charge >= 0.3 is 6.03 Å². The Labute approximate surface area is 127 Å². The molecule has 2 atom stereocenters. The maximum atomic E-state index is 11.9. The van der Waals surface area contributed by atoms with Crippen LogP contribution in [0.5, 0.6) is 0 Å². The van der Waals surface area contributed by atoms with Gasteiger partial charge in [-0.15, -0.1) is 0 Å². The van der Waals surface area contributed by atoms with Crippen LogP contribution in [0.15, 0.2) is 0 Å². The summed E-state index contributed by atoms with van der Waals surface area (Å²) in [5.41, 5.74) is 0. The Bertz CT molecular complexity index is 308. The maximum absolute atomic E-state index is 11.9. The molecule has 122 valence electrons. The van der Waals surface area contributed by atoms with E-state index in [2.05, 4.69) is 10.6 Å². The molecule has 2 amide bonds. The number of amides is 2. The van der Waals surface area contributed by atoms with Crippen LogP contribution < -0.4 is 10.6 Å². The van der Waals surface area contributed by atoms with Gasteiger partial charge in [0.05, 0.1) is 0 Å². The van der Waals surface area contributed by atoms with Crippen LogP contribution >= 0.6 is 0 Å². The highest BCUT2D eigenvalue weighted by molar-refractivity contribution is 5.74. The van der Waals surface area contributed by atoms with Crippen LogP contribution in [0.2, 0.25) is 0 Å². The van der Waals surface area contributed by atoms with Crippen molar-refractivity contribution < 1.29 is 14.6 Å². The zero-order chi connectivity index (χ0) is 14.9. The third-order valence-electron chi connectivity index (χ3n) is 4.51. The number of rotatable bonds is 8. The lowest BCUT2D eigenvalue weighted by Crippen LogP contribution is -2.46. The van der Waals surface area contributed by atoms with Crippen LogP contribution in [-0.4, -0.2) is 43.5 Å².